The molecule has 1 fully saturated rings. The lowest BCUT2D eigenvalue weighted by Gasteiger charge is -2.33. The second-order valence-corrected chi connectivity index (χ2v) is 8.25. The van der Waals surface area contributed by atoms with E-state index in [0.29, 0.717) is 35.1 Å². The van der Waals surface area contributed by atoms with Crippen LogP contribution in [-0.4, -0.2) is 29.9 Å². The molecule has 3 amide bonds. The van der Waals surface area contributed by atoms with E-state index in [0.717, 1.165) is 18.4 Å². The van der Waals surface area contributed by atoms with Gasteiger partial charge in [0.1, 0.15) is 5.82 Å². The van der Waals surface area contributed by atoms with E-state index in [1.165, 1.54) is 24.3 Å². The van der Waals surface area contributed by atoms with Crippen molar-refractivity contribution in [2.24, 2.45) is 0 Å². The van der Waals surface area contributed by atoms with Crippen molar-refractivity contribution in [3.63, 3.8) is 0 Å². The molecule has 0 spiro atoms. The zero-order valence-corrected chi connectivity index (χ0v) is 18.1. The van der Waals surface area contributed by atoms with E-state index in [2.05, 4.69) is 10.6 Å². The van der Waals surface area contributed by atoms with Gasteiger partial charge in [0, 0.05) is 41.0 Å². The molecular weight excluding hydrogens is 429 g/mol. The van der Waals surface area contributed by atoms with E-state index in [1.54, 1.807) is 35.2 Å². The molecule has 0 aliphatic carbocycles. The Morgan fingerprint density at radius 2 is 1.62 bits per heavy atom. The molecule has 1 atom stereocenters. The maximum Gasteiger partial charge on any atom is 0.321 e. The highest BCUT2D eigenvalue weighted by Gasteiger charge is 2.25. The van der Waals surface area contributed by atoms with Crippen LogP contribution in [0.25, 0.3) is 0 Å². The lowest BCUT2D eigenvalue weighted by Crippen LogP contribution is -2.41. The highest BCUT2D eigenvalue weighted by molar-refractivity contribution is 6.30. The third-order valence-corrected chi connectivity index (χ3v) is 5.78. The van der Waals surface area contributed by atoms with E-state index in [-0.39, 0.29) is 23.7 Å². The second-order valence-electron chi connectivity index (χ2n) is 7.81. The molecule has 0 unspecified atom stereocenters. The van der Waals surface area contributed by atoms with Crippen molar-refractivity contribution in [1.29, 1.82) is 0 Å². The van der Waals surface area contributed by atoms with Crippen LogP contribution in [0.3, 0.4) is 0 Å². The molecule has 0 bridgehead atoms. The van der Waals surface area contributed by atoms with Gasteiger partial charge in [0.05, 0.1) is 0 Å². The van der Waals surface area contributed by atoms with Crippen molar-refractivity contribution >= 4 is 34.9 Å². The molecule has 1 heterocycles. The van der Waals surface area contributed by atoms with Gasteiger partial charge in [-0.15, -0.1) is 0 Å². The number of nitrogens with one attached hydrogen (secondary N) is 2. The number of anilines is 2. The number of likely N-dealkylation sites (tertiary alicyclic amines) is 1. The van der Waals surface area contributed by atoms with Crippen molar-refractivity contribution < 1.29 is 14.0 Å². The fraction of sp³-hybridized carbons (Fsp3) is 0.200. The van der Waals surface area contributed by atoms with Gasteiger partial charge in [-0.25, -0.2) is 9.18 Å². The predicted molar refractivity (Wildman–Crippen MR) is 125 cm³/mol. The monoisotopic (exact) mass is 451 g/mol. The molecule has 3 aromatic rings. The van der Waals surface area contributed by atoms with Gasteiger partial charge in [-0.2, -0.15) is 0 Å². The van der Waals surface area contributed by atoms with Crippen LogP contribution in [0, 0.1) is 5.82 Å². The Balaban J connectivity index is 1.41. The molecule has 32 heavy (non-hydrogen) atoms. The second kappa shape index (κ2) is 9.83. The Bertz CT molecular complexity index is 1100. The quantitative estimate of drug-likeness (QED) is 0.500. The first-order chi connectivity index (χ1) is 15.5. The van der Waals surface area contributed by atoms with Gasteiger partial charge in [-0.1, -0.05) is 23.7 Å². The van der Waals surface area contributed by atoms with Crippen LogP contribution in [0.15, 0.2) is 72.8 Å². The summed E-state index contributed by atoms with van der Waals surface area (Å²) in [7, 11) is 0. The maximum atomic E-state index is 13.1. The first kappa shape index (κ1) is 21.8. The summed E-state index contributed by atoms with van der Waals surface area (Å²) in [4.78, 5) is 27.2. The fourth-order valence-electron chi connectivity index (χ4n) is 3.84. The standard InChI is InChI=1S/C25H23ClFN3O2/c26-20-6-10-23(11-7-20)29-25(32)30-14-2-5-19(16-30)17-3-1-4-18(15-17)24(31)28-22-12-8-21(27)9-13-22/h1,3-4,6-13,15,19H,2,5,14,16H2,(H,28,31)(H,29,32)/t19-/m0/s1. The Kier molecular flexibility index (Phi) is 6.71. The number of piperidine rings is 1. The summed E-state index contributed by atoms with van der Waals surface area (Å²) in [6.45, 7) is 1.25. The SMILES string of the molecule is O=C(Nc1ccc(F)cc1)c1cccc([C@H]2CCCN(C(=O)Nc3ccc(Cl)cc3)C2)c1. The molecule has 0 aromatic heterocycles. The predicted octanol–water partition coefficient (Wildman–Crippen LogP) is 6.14. The summed E-state index contributed by atoms with van der Waals surface area (Å²) < 4.78 is 13.1. The summed E-state index contributed by atoms with van der Waals surface area (Å²) in [5.41, 5.74) is 2.76. The summed E-state index contributed by atoms with van der Waals surface area (Å²) >= 11 is 5.90. The highest BCUT2D eigenvalue weighted by Crippen LogP contribution is 2.28. The first-order valence-electron chi connectivity index (χ1n) is 10.5. The summed E-state index contributed by atoms with van der Waals surface area (Å²) in [5, 5.41) is 6.31. The Hall–Kier alpha value is -3.38. The molecule has 2 N–H and O–H groups in total. The minimum Gasteiger partial charge on any atom is -0.324 e. The highest BCUT2D eigenvalue weighted by atomic mass is 35.5. The topological polar surface area (TPSA) is 61.4 Å². The maximum absolute atomic E-state index is 13.1. The number of carbonyl (C=O) groups excluding carboxylic acids is 2. The number of amides is 3. The average Bonchev–Trinajstić information content (AvgIpc) is 2.82. The number of rotatable bonds is 4. The van der Waals surface area contributed by atoms with E-state index in [9.17, 15) is 14.0 Å². The number of benzene rings is 3. The van der Waals surface area contributed by atoms with Gasteiger partial charge in [0.2, 0.25) is 0 Å². The molecule has 1 aliphatic rings. The van der Waals surface area contributed by atoms with Crippen LogP contribution in [0.4, 0.5) is 20.6 Å². The first-order valence-corrected chi connectivity index (χ1v) is 10.8. The third kappa shape index (κ3) is 5.45. The van der Waals surface area contributed by atoms with E-state index in [1.807, 2.05) is 18.2 Å². The van der Waals surface area contributed by atoms with Crippen molar-refractivity contribution in [1.82, 2.24) is 4.90 Å². The van der Waals surface area contributed by atoms with Gasteiger partial charge in [-0.3, -0.25) is 4.79 Å². The van der Waals surface area contributed by atoms with Gasteiger partial charge >= 0.3 is 6.03 Å². The average molecular weight is 452 g/mol. The number of carbonyl (C=O) groups is 2. The summed E-state index contributed by atoms with van der Waals surface area (Å²) in [6.07, 6.45) is 1.82. The molecule has 4 rings (SSSR count). The van der Waals surface area contributed by atoms with Crippen LogP contribution >= 0.6 is 11.6 Å². The van der Waals surface area contributed by atoms with Crippen LogP contribution in [0.2, 0.25) is 5.02 Å². The normalized spacial score (nSPS) is 15.8. The Labute approximate surface area is 191 Å². The van der Waals surface area contributed by atoms with Crippen molar-refractivity contribution in [3.05, 3.63) is 94.8 Å². The number of halogens is 2. The Morgan fingerprint density at radius 3 is 2.38 bits per heavy atom. The number of hydrogen-bond donors (Lipinski definition) is 2. The zero-order valence-electron chi connectivity index (χ0n) is 17.4. The largest absolute Gasteiger partial charge is 0.324 e. The molecule has 7 heteroatoms. The van der Waals surface area contributed by atoms with Gasteiger partial charge < -0.3 is 15.5 Å². The molecule has 0 radical (unpaired) electrons. The van der Waals surface area contributed by atoms with E-state index in [4.69, 9.17) is 11.6 Å². The van der Waals surface area contributed by atoms with E-state index >= 15 is 0 Å². The van der Waals surface area contributed by atoms with Crippen molar-refractivity contribution in [2.45, 2.75) is 18.8 Å². The molecule has 0 saturated carbocycles. The molecular formula is C25H23ClFN3O2. The Morgan fingerprint density at radius 1 is 0.938 bits per heavy atom. The van der Waals surface area contributed by atoms with Crippen LogP contribution in [-0.2, 0) is 0 Å². The number of hydrogen-bond acceptors (Lipinski definition) is 2. The van der Waals surface area contributed by atoms with Crippen molar-refractivity contribution in [3.8, 4) is 0 Å². The minimum atomic E-state index is -0.355. The van der Waals surface area contributed by atoms with Gasteiger partial charge in [-0.05, 0) is 79.1 Å². The molecule has 164 valence electrons. The summed E-state index contributed by atoms with van der Waals surface area (Å²) in [6, 6.07) is 20.0. The number of urea groups is 1. The lowest BCUT2D eigenvalue weighted by atomic mass is 9.89. The van der Waals surface area contributed by atoms with Crippen LogP contribution < -0.4 is 10.6 Å². The van der Waals surface area contributed by atoms with Crippen molar-refractivity contribution in [2.75, 3.05) is 23.7 Å². The molecule has 1 saturated heterocycles. The zero-order chi connectivity index (χ0) is 22.5. The number of nitrogens with zero attached hydrogens (tertiary/aromatic N) is 1. The lowest BCUT2D eigenvalue weighted by molar-refractivity contribution is 0.102. The third-order valence-electron chi connectivity index (χ3n) is 5.53. The smallest absolute Gasteiger partial charge is 0.321 e. The molecule has 3 aromatic carbocycles. The fourth-order valence-corrected chi connectivity index (χ4v) is 3.97. The van der Waals surface area contributed by atoms with E-state index < -0.39 is 0 Å². The van der Waals surface area contributed by atoms with Gasteiger partial charge in [0.15, 0.2) is 0 Å². The molecule has 5 nitrogen and oxygen atoms in total. The summed E-state index contributed by atoms with van der Waals surface area (Å²) in [5.74, 6) is -0.475. The minimum absolute atomic E-state index is 0.137. The van der Waals surface area contributed by atoms with Crippen LogP contribution in [0.5, 0.6) is 0 Å². The van der Waals surface area contributed by atoms with Gasteiger partial charge in [0.25, 0.3) is 5.91 Å². The van der Waals surface area contributed by atoms with Crippen LogP contribution in [0.1, 0.15) is 34.7 Å². The molecule has 1 aliphatic heterocycles.